The Morgan fingerprint density at radius 2 is 2.00 bits per heavy atom. The van der Waals surface area contributed by atoms with E-state index in [4.69, 9.17) is 9.84 Å². The predicted octanol–water partition coefficient (Wildman–Crippen LogP) is 1.41. The number of benzene rings is 1. The summed E-state index contributed by atoms with van der Waals surface area (Å²) in [4.78, 5) is 25.2. The topological polar surface area (TPSA) is 99.1 Å². The smallest absolute Gasteiger partial charge is 0.405 e. The molecule has 0 radical (unpaired) electrons. The van der Waals surface area contributed by atoms with E-state index in [0.29, 0.717) is 12.8 Å². The summed E-state index contributed by atoms with van der Waals surface area (Å²) in [6.07, 6.45) is -1.50. The molecule has 7 nitrogen and oxygen atoms in total. The lowest BCUT2D eigenvalue weighted by molar-refractivity contribution is -0.135. The van der Waals surface area contributed by atoms with Crippen molar-refractivity contribution in [1.29, 1.82) is 0 Å². The number of nitrogens with one attached hydrogen (secondary N) is 1. The molecule has 24 heavy (non-hydrogen) atoms. The van der Waals surface area contributed by atoms with E-state index < -0.39 is 24.5 Å². The second kappa shape index (κ2) is 8.12. The number of amides is 2. The molecule has 1 saturated heterocycles. The normalized spacial score (nSPS) is 21.8. The third-order valence-electron chi connectivity index (χ3n) is 3.99. The van der Waals surface area contributed by atoms with Gasteiger partial charge in [0.1, 0.15) is 12.8 Å². The fraction of sp³-hybridized carbons (Fsp3) is 0.529. The van der Waals surface area contributed by atoms with E-state index in [1.165, 1.54) is 4.90 Å². The zero-order chi connectivity index (χ0) is 17.7. The highest BCUT2D eigenvalue weighted by atomic mass is 16.6. The van der Waals surface area contributed by atoms with Crippen molar-refractivity contribution < 1.29 is 24.5 Å². The van der Waals surface area contributed by atoms with Crippen molar-refractivity contribution in [3.8, 4) is 0 Å². The number of aliphatic hydroxyl groups is 1. The Morgan fingerprint density at radius 3 is 2.58 bits per heavy atom. The number of hydrogen-bond donors (Lipinski definition) is 3. The van der Waals surface area contributed by atoms with Gasteiger partial charge in [0.2, 0.25) is 5.91 Å². The number of carbonyl (C=O) groups is 2. The molecule has 1 fully saturated rings. The van der Waals surface area contributed by atoms with Crippen molar-refractivity contribution in [2.75, 3.05) is 6.73 Å². The van der Waals surface area contributed by atoms with Crippen LogP contribution in [0.25, 0.3) is 0 Å². The van der Waals surface area contributed by atoms with Gasteiger partial charge in [0.25, 0.3) is 0 Å². The van der Waals surface area contributed by atoms with Gasteiger partial charge in [-0.3, -0.25) is 4.79 Å². The molecule has 2 amide bonds. The molecule has 1 heterocycles. The summed E-state index contributed by atoms with van der Waals surface area (Å²) in [7, 11) is 0. The number of nitrogens with zero attached hydrogens (tertiary/aromatic N) is 1. The van der Waals surface area contributed by atoms with E-state index in [2.05, 4.69) is 5.32 Å². The van der Waals surface area contributed by atoms with Crippen LogP contribution in [0, 0.1) is 5.92 Å². The summed E-state index contributed by atoms with van der Waals surface area (Å²) in [6, 6.07) is 8.10. The van der Waals surface area contributed by atoms with Crippen molar-refractivity contribution in [2.45, 2.75) is 45.1 Å². The summed E-state index contributed by atoms with van der Waals surface area (Å²) in [5.41, 5.74) is 0.969. The standard InChI is InChI=1S/C17H24N2O5/c1-11(2)8-13(18-17(22)23)15(20)19-10-24-16(21)14(19)9-12-6-4-3-5-7-12/h3-7,11,13-14,16,18,21H,8-10H2,1-2H3,(H,22,23). The Kier molecular flexibility index (Phi) is 6.16. The van der Waals surface area contributed by atoms with Gasteiger partial charge in [-0.05, 0) is 24.3 Å². The summed E-state index contributed by atoms with van der Waals surface area (Å²) < 4.78 is 5.22. The first-order chi connectivity index (χ1) is 11.4. The van der Waals surface area contributed by atoms with Crippen LogP contribution in [0.15, 0.2) is 30.3 Å². The van der Waals surface area contributed by atoms with Crippen LogP contribution in [-0.4, -0.2) is 52.2 Å². The van der Waals surface area contributed by atoms with Crippen LogP contribution >= 0.6 is 0 Å². The average molecular weight is 336 g/mol. The number of rotatable bonds is 6. The van der Waals surface area contributed by atoms with Gasteiger partial charge >= 0.3 is 6.09 Å². The fourth-order valence-electron chi connectivity index (χ4n) is 2.85. The maximum Gasteiger partial charge on any atom is 0.405 e. The highest BCUT2D eigenvalue weighted by Crippen LogP contribution is 2.22. The summed E-state index contributed by atoms with van der Waals surface area (Å²) in [6.45, 7) is 3.79. The Bertz CT molecular complexity index is 563. The van der Waals surface area contributed by atoms with Crippen LogP contribution in [0.3, 0.4) is 0 Å². The zero-order valence-electron chi connectivity index (χ0n) is 13.9. The van der Waals surface area contributed by atoms with Gasteiger partial charge in [-0.15, -0.1) is 0 Å². The minimum absolute atomic E-state index is 0.0482. The molecule has 0 aliphatic carbocycles. The van der Waals surface area contributed by atoms with Crippen molar-refractivity contribution in [2.24, 2.45) is 5.92 Å². The van der Waals surface area contributed by atoms with Crippen LogP contribution in [0.2, 0.25) is 0 Å². The van der Waals surface area contributed by atoms with Gasteiger partial charge < -0.3 is 25.2 Å². The van der Waals surface area contributed by atoms with Crippen molar-refractivity contribution in [1.82, 2.24) is 10.2 Å². The van der Waals surface area contributed by atoms with Crippen molar-refractivity contribution in [3.63, 3.8) is 0 Å². The highest BCUT2D eigenvalue weighted by molar-refractivity contribution is 5.85. The first-order valence-corrected chi connectivity index (χ1v) is 8.02. The van der Waals surface area contributed by atoms with Crippen molar-refractivity contribution >= 4 is 12.0 Å². The minimum Gasteiger partial charge on any atom is -0.465 e. The highest BCUT2D eigenvalue weighted by Gasteiger charge is 2.40. The molecule has 3 atom stereocenters. The largest absolute Gasteiger partial charge is 0.465 e. The molecule has 1 aromatic rings. The van der Waals surface area contributed by atoms with Crippen LogP contribution < -0.4 is 5.32 Å². The minimum atomic E-state index is -1.24. The quantitative estimate of drug-likeness (QED) is 0.729. The van der Waals surface area contributed by atoms with Gasteiger partial charge in [-0.25, -0.2) is 4.79 Å². The second-order valence-corrected chi connectivity index (χ2v) is 6.38. The molecular weight excluding hydrogens is 312 g/mol. The summed E-state index contributed by atoms with van der Waals surface area (Å²) in [5, 5.41) is 21.3. The van der Waals surface area contributed by atoms with Crippen LogP contribution in [0.1, 0.15) is 25.8 Å². The molecule has 0 spiro atoms. The molecule has 0 bridgehead atoms. The molecule has 0 saturated carbocycles. The molecule has 1 aliphatic rings. The number of hydrogen-bond acceptors (Lipinski definition) is 4. The van der Waals surface area contributed by atoms with Gasteiger partial charge in [0.15, 0.2) is 6.29 Å². The van der Waals surface area contributed by atoms with Gasteiger partial charge in [-0.2, -0.15) is 0 Å². The Balaban J connectivity index is 2.13. The first kappa shape index (κ1) is 18.2. The monoisotopic (exact) mass is 336 g/mol. The maximum atomic E-state index is 12.8. The maximum absolute atomic E-state index is 12.8. The number of aliphatic hydroxyl groups excluding tert-OH is 1. The lowest BCUT2D eigenvalue weighted by Crippen LogP contribution is -2.52. The molecular formula is C17H24N2O5. The zero-order valence-corrected chi connectivity index (χ0v) is 13.9. The van der Waals surface area contributed by atoms with Gasteiger partial charge in [0, 0.05) is 0 Å². The van der Waals surface area contributed by atoms with E-state index in [0.717, 1.165) is 5.56 Å². The number of carboxylic acid groups (broad SMARTS) is 1. The van der Waals surface area contributed by atoms with E-state index in [9.17, 15) is 14.7 Å². The average Bonchev–Trinajstić information content (AvgIpc) is 2.87. The molecule has 132 valence electrons. The lowest BCUT2D eigenvalue weighted by atomic mass is 10.0. The van der Waals surface area contributed by atoms with Crippen molar-refractivity contribution in [3.05, 3.63) is 35.9 Å². The van der Waals surface area contributed by atoms with E-state index >= 15 is 0 Å². The number of ether oxygens (including phenoxy) is 1. The van der Waals surface area contributed by atoms with Gasteiger partial charge in [0.05, 0.1) is 6.04 Å². The van der Waals surface area contributed by atoms with E-state index in [-0.39, 0.29) is 18.6 Å². The predicted molar refractivity (Wildman–Crippen MR) is 87.1 cm³/mol. The summed E-state index contributed by atoms with van der Waals surface area (Å²) >= 11 is 0. The Morgan fingerprint density at radius 1 is 1.33 bits per heavy atom. The molecule has 2 rings (SSSR count). The van der Waals surface area contributed by atoms with Gasteiger partial charge in [-0.1, -0.05) is 44.2 Å². The number of carbonyl (C=O) groups excluding carboxylic acids is 1. The SMILES string of the molecule is CC(C)CC(NC(=O)O)C(=O)N1COC(O)C1Cc1ccccc1. The Labute approximate surface area is 141 Å². The summed E-state index contributed by atoms with van der Waals surface area (Å²) in [5.74, 6) is -0.226. The van der Waals surface area contributed by atoms with E-state index in [1.54, 1.807) is 0 Å². The van der Waals surface area contributed by atoms with Crippen LogP contribution in [0.4, 0.5) is 4.79 Å². The van der Waals surface area contributed by atoms with Crippen LogP contribution in [-0.2, 0) is 16.0 Å². The molecule has 1 aliphatic heterocycles. The molecule has 0 aromatic heterocycles. The molecule has 1 aromatic carbocycles. The molecule has 3 unspecified atom stereocenters. The second-order valence-electron chi connectivity index (χ2n) is 6.38. The Hall–Kier alpha value is -2.12. The third-order valence-corrected chi connectivity index (χ3v) is 3.99. The van der Waals surface area contributed by atoms with E-state index in [1.807, 2.05) is 44.2 Å². The molecule has 3 N–H and O–H groups in total. The molecule has 7 heteroatoms. The third kappa shape index (κ3) is 4.69. The first-order valence-electron chi connectivity index (χ1n) is 8.02. The van der Waals surface area contributed by atoms with Crippen LogP contribution in [0.5, 0.6) is 0 Å². The fourth-order valence-corrected chi connectivity index (χ4v) is 2.85. The lowest BCUT2D eigenvalue weighted by Gasteiger charge is -2.28.